The summed E-state index contributed by atoms with van der Waals surface area (Å²) in [4.78, 5) is 24.5. The van der Waals surface area contributed by atoms with Crippen LogP contribution in [0.5, 0.6) is 0 Å². The van der Waals surface area contributed by atoms with Crippen molar-refractivity contribution in [3.8, 4) is 0 Å². The lowest BCUT2D eigenvalue weighted by molar-refractivity contribution is -0.122. The highest BCUT2D eigenvalue weighted by Crippen LogP contribution is 2.14. The van der Waals surface area contributed by atoms with Gasteiger partial charge >= 0.3 is 0 Å². The Hall–Kier alpha value is -1.75. The summed E-state index contributed by atoms with van der Waals surface area (Å²) in [7, 11) is 0. The first-order valence-corrected chi connectivity index (χ1v) is 6.86. The Kier molecular flexibility index (Phi) is 5.24. The molecule has 1 N–H and O–H groups in total. The van der Waals surface area contributed by atoms with Gasteiger partial charge in [0.15, 0.2) is 0 Å². The molecule has 0 aliphatic carbocycles. The summed E-state index contributed by atoms with van der Waals surface area (Å²) in [6.07, 6.45) is 2.66. The number of halogens is 1. The number of hydrogen-bond acceptors (Lipinski definition) is 3. The molecule has 2 rings (SSSR count). The van der Waals surface area contributed by atoms with Crippen LogP contribution in [-0.4, -0.2) is 36.7 Å². The number of amides is 1. The van der Waals surface area contributed by atoms with Crippen LogP contribution in [0.1, 0.15) is 18.4 Å². The number of hydrogen-bond donors (Lipinski definition) is 1. The maximum absolute atomic E-state index is 12.7. The van der Waals surface area contributed by atoms with Crippen molar-refractivity contribution in [1.29, 1.82) is 0 Å². The van der Waals surface area contributed by atoms with E-state index >= 15 is 0 Å². The average molecular weight is 278 g/mol. The largest absolute Gasteiger partial charge is 0.351 e. The van der Waals surface area contributed by atoms with Crippen molar-refractivity contribution in [3.05, 3.63) is 35.6 Å². The van der Waals surface area contributed by atoms with Crippen LogP contribution in [0.2, 0.25) is 0 Å². The van der Waals surface area contributed by atoms with Gasteiger partial charge in [0.05, 0.1) is 6.54 Å². The number of nitrogens with one attached hydrogen (secondary N) is 1. The van der Waals surface area contributed by atoms with Gasteiger partial charge < -0.3 is 10.1 Å². The van der Waals surface area contributed by atoms with Crippen LogP contribution in [0.15, 0.2) is 24.3 Å². The molecule has 1 fully saturated rings. The Morgan fingerprint density at radius 3 is 2.55 bits per heavy atom. The first-order valence-electron chi connectivity index (χ1n) is 6.86. The van der Waals surface area contributed by atoms with E-state index < -0.39 is 0 Å². The lowest BCUT2D eigenvalue weighted by atomic mass is 9.99. The molecule has 0 atom stereocenters. The Labute approximate surface area is 118 Å². The third-order valence-electron chi connectivity index (χ3n) is 3.59. The van der Waals surface area contributed by atoms with Gasteiger partial charge in [0.1, 0.15) is 12.1 Å². The van der Waals surface area contributed by atoms with E-state index in [1.807, 2.05) is 0 Å². The third kappa shape index (κ3) is 4.42. The van der Waals surface area contributed by atoms with E-state index in [9.17, 15) is 14.0 Å². The number of carbonyl (C=O) groups excluding carboxylic acids is 2. The van der Waals surface area contributed by atoms with Gasteiger partial charge in [0, 0.05) is 12.5 Å². The van der Waals surface area contributed by atoms with Gasteiger partial charge in [-0.15, -0.1) is 0 Å². The SMILES string of the molecule is O=CC1CCN(CC(=O)NCc2ccc(F)cc2)CC1. The predicted molar refractivity (Wildman–Crippen MR) is 73.5 cm³/mol. The number of benzene rings is 1. The van der Waals surface area contributed by atoms with E-state index in [4.69, 9.17) is 0 Å². The molecule has 1 amide bonds. The van der Waals surface area contributed by atoms with E-state index in [1.165, 1.54) is 12.1 Å². The molecule has 1 aromatic carbocycles. The minimum absolute atomic E-state index is 0.0427. The van der Waals surface area contributed by atoms with Crippen LogP contribution in [0.3, 0.4) is 0 Å². The number of aldehydes is 1. The van der Waals surface area contributed by atoms with E-state index in [0.717, 1.165) is 37.8 Å². The minimum atomic E-state index is -0.280. The number of likely N-dealkylation sites (tertiary alicyclic amines) is 1. The van der Waals surface area contributed by atoms with Crippen LogP contribution >= 0.6 is 0 Å². The molecule has 0 bridgehead atoms. The Morgan fingerprint density at radius 2 is 1.95 bits per heavy atom. The van der Waals surface area contributed by atoms with Crippen LogP contribution in [0.4, 0.5) is 4.39 Å². The summed E-state index contributed by atoms with van der Waals surface area (Å²) in [6, 6.07) is 6.08. The summed E-state index contributed by atoms with van der Waals surface area (Å²) >= 11 is 0. The fraction of sp³-hybridized carbons (Fsp3) is 0.467. The number of piperidine rings is 1. The van der Waals surface area contributed by atoms with E-state index in [-0.39, 0.29) is 17.6 Å². The van der Waals surface area contributed by atoms with Crippen LogP contribution < -0.4 is 5.32 Å². The minimum Gasteiger partial charge on any atom is -0.351 e. The molecule has 0 unspecified atom stereocenters. The van der Waals surface area contributed by atoms with Gasteiger partial charge in [-0.05, 0) is 43.6 Å². The molecule has 0 spiro atoms. The smallest absolute Gasteiger partial charge is 0.234 e. The molecule has 0 radical (unpaired) electrons. The Morgan fingerprint density at radius 1 is 1.30 bits per heavy atom. The quantitative estimate of drug-likeness (QED) is 0.827. The predicted octanol–water partition coefficient (Wildman–Crippen LogP) is 1.35. The first kappa shape index (κ1) is 14.7. The second kappa shape index (κ2) is 7.14. The second-order valence-electron chi connectivity index (χ2n) is 5.15. The monoisotopic (exact) mass is 278 g/mol. The van der Waals surface area contributed by atoms with Gasteiger partial charge in [0.2, 0.25) is 5.91 Å². The molecule has 4 nitrogen and oxygen atoms in total. The third-order valence-corrected chi connectivity index (χ3v) is 3.59. The first-order chi connectivity index (χ1) is 9.67. The highest BCUT2D eigenvalue weighted by molar-refractivity contribution is 5.78. The molecule has 20 heavy (non-hydrogen) atoms. The summed E-state index contributed by atoms with van der Waals surface area (Å²) in [6.45, 7) is 2.33. The summed E-state index contributed by atoms with van der Waals surface area (Å²) in [5, 5.41) is 2.82. The Bertz CT molecular complexity index is 453. The van der Waals surface area contributed by atoms with E-state index in [2.05, 4.69) is 10.2 Å². The van der Waals surface area contributed by atoms with Gasteiger partial charge in [0.25, 0.3) is 0 Å². The molecule has 1 saturated heterocycles. The van der Waals surface area contributed by atoms with Crippen molar-refractivity contribution >= 4 is 12.2 Å². The van der Waals surface area contributed by atoms with Crippen LogP contribution in [0, 0.1) is 11.7 Å². The standard InChI is InChI=1S/C15H19FN2O2/c16-14-3-1-12(2-4-14)9-17-15(20)10-18-7-5-13(11-19)6-8-18/h1-4,11,13H,5-10H2,(H,17,20). The van der Waals surface area contributed by atoms with E-state index in [0.29, 0.717) is 13.1 Å². The number of rotatable bonds is 5. The molecule has 1 aliphatic rings. The average Bonchev–Trinajstić information content (AvgIpc) is 2.47. The molecule has 1 heterocycles. The van der Waals surface area contributed by atoms with E-state index in [1.54, 1.807) is 12.1 Å². The molecule has 108 valence electrons. The second-order valence-corrected chi connectivity index (χ2v) is 5.15. The molecule has 5 heteroatoms. The fourth-order valence-electron chi connectivity index (χ4n) is 2.31. The maximum atomic E-state index is 12.7. The highest BCUT2D eigenvalue weighted by Gasteiger charge is 2.19. The summed E-state index contributed by atoms with van der Waals surface area (Å²) in [5.74, 6) is -0.175. The summed E-state index contributed by atoms with van der Waals surface area (Å²) in [5.41, 5.74) is 0.874. The molecular formula is C15H19FN2O2. The topological polar surface area (TPSA) is 49.4 Å². The molecular weight excluding hydrogens is 259 g/mol. The summed E-state index contributed by atoms with van der Waals surface area (Å²) < 4.78 is 12.7. The zero-order valence-electron chi connectivity index (χ0n) is 11.3. The fourth-order valence-corrected chi connectivity index (χ4v) is 2.31. The Balaban J connectivity index is 1.70. The molecule has 1 aromatic rings. The van der Waals surface area contributed by atoms with Crippen molar-refractivity contribution in [2.24, 2.45) is 5.92 Å². The molecule has 1 aliphatic heterocycles. The van der Waals surface area contributed by atoms with Crippen LogP contribution in [0.25, 0.3) is 0 Å². The van der Waals surface area contributed by atoms with Crippen molar-refractivity contribution < 1.29 is 14.0 Å². The van der Waals surface area contributed by atoms with Gasteiger partial charge in [-0.2, -0.15) is 0 Å². The zero-order chi connectivity index (χ0) is 14.4. The number of carbonyl (C=O) groups is 2. The lowest BCUT2D eigenvalue weighted by Crippen LogP contribution is -2.41. The number of nitrogens with zero attached hydrogens (tertiary/aromatic N) is 1. The van der Waals surface area contributed by atoms with Gasteiger partial charge in [-0.25, -0.2) is 4.39 Å². The van der Waals surface area contributed by atoms with Crippen molar-refractivity contribution in [1.82, 2.24) is 10.2 Å². The van der Waals surface area contributed by atoms with Crippen molar-refractivity contribution in [3.63, 3.8) is 0 Å². The highest BCUT2D eigenvalue weighted by atomic mass is 19.1. The molecule has 0 saturated carbocycles. The maximum Gasteiger partial charge on any atom is 0.234 e. The van der Waals surface area contributed by atoms with Gasteiger partial charge in [-0.3, -0.25) is 9.69 Å². The van der Waals surface area contributed by atoms with Crippen molar-refractivity contribution in [2.75, 3.05) is 19.6 Å². The zero-order valence-corrected chi connectivity index (χ0v) is 11.3. The van der Waals surface area contributed by atoms with Crippen LogP contribution in [-0.2, 0) is 16.1 Å². The lowest BCUT2D eigenvalue weighted by Gasteiger charge is -2.28. The molecule has 0 aromatic heterocycles. The van der Waals surface area contributed by atoms with Crippen molar-refractivity contribution in [2.45, 2.75) is 19.4 Å². The van der Waals surface area contributed by atoms with Gasteiger partial charge in [-0.1, -0.05) is 12.1 Å². The normalized spacial score (nSPS) is 16.9.